The third kappa shape index (κ3) is 5.23. The molecule has 1 aromatic carbocycles. The van der Waals surface area contributed by atoms with Crippen molar-refractivity contribution < 1.29 is 18.3 Å². The maximum Gasteiger partial charge on any atom is 0.328 e. The summed E-state index contributed by atoms with van der Waals surface area (Å²) in [6, 6.07) is 6.98. The van der Waals surface area contributed by atoms with Gasteiger partial charge in [-0.05, 0) is 31.1 Å². The summed E-state index contributed by atoms with van der Waals surface area (Å²) >= 11 is 0. The van der Waals surface area contributed by atoms with Crippen LogP contribution in [0.1, 0.15) is 25.0 Å². The molecule has 19 heavy (non-hydrogen) atoms. The molecule has 0 amide bonds. The number of carboxylic acids is 1. The van der Waals surface area contributed by atoms with Crippen molar-refractivity contribution in [2.24, 2.45) is 0 Å². The van der Waals surface area contributed by atoms with Crippen molar-refractivity contribution in [3.05, 3.63) is 41.5 Å². The van der Waals surface area contributed by atoms with Crippen LogP contribution in [0.15, 0.2) is 30.3 Å². The van der Waals surface area contributed by atoms with E-state index in [4.69, 9.17) is 5.11 Å². The van der Waals surface area contributed by atoms with Crippen molar-refractivity contribution in [1.29, 1.82) is 0 Å². The van der Waals surface area contributed by atoms with Crippen LogP contribution in [-0.2, 0) is 21.4 Å². The molecule has 104 valence electrons. The van der Waals surface area contributed by atoms with Gasteiger partial charge >= 0.3 is 5.97 Å². The molecule has 0 fully saturated rings. The second kappa shape index (κ2) is 6.49. The Hall–Kier alpha value is -1.66. The van der Waals surface area contributed by atoms with Crippen molar-refractivity contribution in [3.63, 3.8) is 0 Å². The standard InChI is InChI=1S/C13H17NO4S/c1-10(2)19(17,18)14-9-12-5-3-11(4-6-12)7-8-13(15)16/h3-8,10,14H,9H2,1-2H3,(H,15,16)/b8-7+. The van der Waals surface area contributed by atoms with Crippen LogP contribution in [0.2, 0.25) is 0 Å². The monoisotopic (exact) mass is 283 g/mol. The number of nitrogens with one attached hydrogen (secondary N) is 1. The molecule has 6 heteroatoms. The highest BCUT2D eigenvalue weighted by atomic mass is 32.2. The van der Waals surface area contributed by atoms with Crippen LogP contribution in [-0.4, -0.2) is 24.7 Å². The molecule has 0 saturated heterocycles. The minimum atomic E-state index is -3.27. The fourth-order valence-corrected chi connectivity index (χ4v) is 1.97. The third-order valence-corrected chi connectivity index (χ3v) is 4.28. The molecule has 0 unspecified atom stereocenters. The van der Waals surface area contributed by atoms with Crippen molar-refractivity contribution in [1.82, 2.24) is 4.72 Å². The molecule has 0 bridgehead atoms. The molecule has 0 radical (unpaired) electrons. The Morgan fingerprint density at radius 3 is 2.37 bits per heavy atom. The van der Waals surface area contributed by atoms with E-state index in [9.17, 15) is 13.2 Å². The maximum absolute atomic E-state index is 11.6. The summed E-state index contributed by atoms with van der Waals surface area (Å²) in [4.78, 5) is 10.4. The van der Waals surface area contributed by atoms with Gasteiger partial charge in [-0.2, -0.15) is 0 Å². The number of sulfonamides is 1. The second-order valence-electron chi connectivity index (χ2n) is 4.33. The quantitative estimate of drug-likeness (QED) is 0.777. The summed E-state index contributed by atoms with van der Waals surface area (Å²) in [5, 5.41) is 8.02. The van der Waals surface area contributed by atoms with Gasteiger partial charge in [-0.3, -0.25) is 0 Å². The molecule has 0 aliphatic rings. The molecule has 0 heterocycles. The smallest absolute Gasteiger partial charge is 0.328 e. The van der Waals surface area contributed by atoms with Crippen LogP contribution in [0.5, 0.6) is 0 Å². The van der Waals surface area contributed by atoms with Crippen LogP contribution in [0, 0.1) is 0 Å². The number of hydrogen-bond donors (Lipinski definition) is 2. The molecule has 0 saturated carbocycles. The van der Waals surface area contributed by atoms with Crippen molar-refractivity contribution >= 4 is 22.1 Å². The van der Waals surface area contributed by atoms with Crippen LogP contribution >= 0.6 is 0 Å². The minimum absolute atomic E-state index is 0.226. The van der Waals surface area contributed by atoms with Gasteiger partial charge in [0.1, 0.15) is 0 Å². The predicted octanol–water partition coefficient (Wildman–Crippen LogP) is 1.61. The number of carbonyl (C=O) groups is 1. The van der Waals surface area contributed by atoms with Crippen LogP contribution < -0.4 is 4.72 Å². The summed E-state index contributed by atoms with van der Waals surface area (Å²) < 4.78 is 25.6. The fraction of sp³-hybridized carbons (Fsp3) is 0.308. The summed E-state index contributed by atoms with van der Waals surface area (Å²) in [5.74, 6) is -1.01. The lowest BCUT2D eigenvalue weighted by molar-refractivity contribution is -0.131. The lowest BCUT2D eigenvalue weighted by Gasteiger charge is -2.09. The zero-order chi connectivity index (χ0) is 14.5. The van der Waals surface area contributed by atoms with Gasteiger partial charge in [0.05, 0.1) is 5.25 Å². The average Bonchev–Trinajstić information content (AvgIpc) is 2.35. The van der Waals surface area contributed by atoms with Crippen LogP contribution in [0.4, 0.5) is 0 Å². The second-order valence-corrected chi connectivity index (χ2v) is 6.65. The van der Waals surface area contributed by atoms with Gasteiger partial charge in [0.25, 0.3) is 0 Å². The van der Waals surface area contributed by atoms with E-state index in [0.29, 0.717) is 0 Å². The maximum atomic E-state index is 11.6. The van der Waals surface area contributed by atoms with Gasteiger partial charge in [-0.25, -0.2) is 17.9 Å². The Balaban J connectivity index is 2.65. The van der Waals surface area contributed by atoms with Gasteiger partial charge in [0.2, 0.25) is 10.0 Å². The molecule has 0 aromatic heterocycles. The van der Waals surface area contributed by atoms with Crippen LogP contribution in [0.25, 0.3) is 6.08 Å². The fourth-order valence-electron chi connectivity index (χ4n) is 1.26. The molecule has 1 rings (SSSR count). The van der Waals surface area contributed by atoms with Gasteiger partial charge in [-0.15, -0.1) is 0 Å². The Labute approximate surface area is 113 Å². The summed E-state index contributed by atoms with van der Waals surface area (Å²) in [5.41, 5.74) is 1.56. The van der Waals surface area contributed by atoms with E-state index in [1.165, 1.54) is 6.08 Å². The van der Waals surface area contributed by atoms with E-state index in [1.807, 2.05) is 0 Å². The molecule has 0 aliphatic carbocycles. The molecule has 0 atom stereocenters. The van der Waals surface area contributed by atoms with E-state index in [1.54, 1.807) is 38.1 Å². The largest absolute Gasteiger partial charge is 0.478 e. The predicted molar refractivity (Wildman–Crippen MR) is 74.0 cm³/mol. The Kier molecular flexibility index (Phi) is 5.26. The first-order chi connectivity index (χ1) is 8.81. The zero-order valence-corrected chi connectivity index (χ0v) is 11.6. The molecule has 0 spiro atoms. The Morgan fingerprint density at radius 2 is 1.89 bits per heavy atom. The van der Waals surface area contributed by atoms with E-state index in [2.05, 4.69) is 4.72 Å². The van der Waals surface area contributed by atoms with Gasteiger partial charge < -0.3 is 5.11 Å². The van der Waals surface area contributed by atoms with E-state index < -0.39 is 21.2 Å². The highest BCUT2D eigenvalue weighted by molar-refractivity contribution is 7.90. The third-order valence-electron chi connectivity index (χ3n) is 2.50. The van der Waals surface area contributed by atoms with Crippen LogP contribution in [0.3, 0.4) is 0 Å². The first kappa shape index (κ1) is 15.4. The molecular weight excluding hydrogens is 266 g/mol. The lowest BCUT2D eigenvalue weighted by atomic mass is 10.1. The molecule has 2 N–H and O–H groups in total. The SMILES string of the molecule is CC(C)S(=O)(=O)NCc1ccc(/C=C/C(=O)O)cc1. The lowest BCUT2D eigenvalue weighted by Crippen LogP contribution is -2.30. The molecular formula is C13H17NO4S. The normalized spacial score (nSPS) is 12.2. The van der Waals surface area contributed by atoms with Crippen molar-refractivity contribution in [3.8, 4) is 0 Å². The zero-order valence-electron chi connectivity index (χ0n) is 10.8. The van der Waals surface area contributed by atoms with Crippen molar-refractivity contribution in [2.45, 2.75) is 25.6 Å². The first-order valence-corrected chi connectivity index (χ1v) is 7.34. The van der Waals surface area contributed by atoms with E-state index >= 15 is 0 Å². The van der Waals surface area contributed by atoms with E-state index in [-0.39, 0.29) is 6.54 Å². The highest BCUT2D eigenvalue weighted by Crippen LogP contribution is 2.07. The number of benzene rings is 1. The number of carboxylic acid groups (broad SMARTS) is 1. The summed E-state index contributed by atoms with van der Waals surface area (Å²) in [6.07, 6.45) is 2.53. The first-order valence-electron chi connectivity index (χ1n) is 5.79. The minimum Gasteiger partial charge on any atom is -0.478 e. The van der Waals surface area contributed by atoms with Gasteiger partial charge in [-0.1, -0.05) is 24.3 Å². The van der Waals surface area contributed by atoms with Gasteiger partial charge in [0, 0.05) is 12.6 Å². The summed E-state index contributed by atoms with van der Waals surface area (Å²) in [7, 11) is -3.27. The molecule has 1 aromatic rings. The topological polar surface area (TPSA) is 83.5 Å². The number of rotatable bonds is 6. The highest BCUT2D eigenvalue weighted by Gasteiger charge is 2.14. The number of aliphatic carboxylic acids is 1. The Bertz CT molecular complexity index is 559. The number of hydrogen-bond acceptors (Lipinski definition) is 3. The molecule has 0 aliphatic heterocycles. The average molecular weight is 283 g/mol. The van der Waals surface area contributed by atoms with Crippen molar-refractivity contribution in [2.75, 3.05) is 0 Å². The molecule has 5 nitrogen and oxygen atoms in total. The van der Waals surface area contributed by atoms with Gasteiger partial charge in [0.15, 0.2) is 0 Å². The van der Waals surface area contributed by atoms with E-state index in [0.717, 1.165) is 17.2 Å². The Morgan fingerprint density at radius 1 is 1.32 bits per heavy atom. The summed E-state index contributed by atoms with van der Waals surface area (Å²) in [6.45, 7) is 3.45.